The van der Waals surface area contributed by atoms with Gasteiger partial charge in [-0.05, 0) is 49.5 Å². The summed E-state index contributed by atoms with van der Waals surface area (Å²) in [7, 11) is 0. The molecule has 0 spiro atoms. The van der Waals surface area contributed by atoms with E-state index in [-0.39, 0.29) is 0 Å². The Kier molecular flexibility index (Phi) is 2.67. The molecule has 0 aromatic carbocycles. The molecule has 4 nitrogen and oxygen atoms in total. The predicted molar refractivity (Wildman–Crippen MR) is 84.1 cm³/mol. The van der Waals surface area contributed by atoms with Crippen molar-refractivity contribution in [2.45, 2.75) is 39.0 Å². The van der Waals surface area contributed by atoms with Crippen LogP contribution < -0.4 is 11.1 Å². The van der Waals surface area contributed by atoms with Crippen LogP contribution in [-0.2, 0) is 6.42 Å². The summed E-state index contributed by atoms with van der Waals surface area (Å²) < 4.78 is 0. The molecule has 2 fully saturated rings. The fraction of sp³-hybridized carbons (Fsp3) is 0.600. The second kappa shape index (κ2) is 4.32. The number of nitrogens with two attached hydrogens (primary N) is 1. The van der Waals surface area contributed by atoms with E-state index < -0.39 is 0 Å². The Hall–Kier alpha value is -1.36. The van der Waals surface area contributed by atoms with E-state index in [1.165, 1.54) is 30.6 Å². The van der Waals surface area contributed by atoms with Crippen molar-refractivity contribution in [3.05, 3.63) is 10.9 Å². The highest BCUT2D eigenvalue weighted by Gasteiger charge is 2.53. The molecule has 5 heteroatoms. The van der Waals surface area contributed by atoms with Crippen LogP contribution in [0.1, 0.15) is 37.5 Å². The summed E-state index contributed by atoms with van der Waals surface area (Å²) in [6.07, 6.45) is 6.62. The lowest BCUT2D eigenvalue weighted by molar-refractivity contribution is 0.466. The number of thiophene rings is 1. The van der Waals surface area contributed by atoms with Gasteiger partial charge in [0, 0.05) is 11.4 Å². The van der Waals surface area contributed by atoms with E-state index in [2.05, 4.69) is 28.3 Å². The van der Waals surface area contributed by atoms with E-state index in [0.717, 1.165) is 34.9 Å². The van der Waals surface area contributed by atoms with Crippen molar-refractivity contribution >= 4 is 33.3 Å². The van der Waals surface area contributed by atoms with Crippen LogP contribution in [-0.4, -0.2) is 16.5 Å². The van der Waals surface area contributed by atoms with Crippen molar-refractivity contribution in [2.24, 2.45) is 11.3 Å². The van der Waals surface area contributed by atoms with Crippen molar-refractivity contribution in [2.75, 3.05) is 17.6 Å². The topological polar surface area (TPSA) is 63.8 Å². The first kappa shape index (κ1) is 12.4. The van der Waals surface area contributed by atoms with Crippen LogP contribution in [0.5, 0.6) is 0 Å². The lowest BCUT2D eigenvalue weighted by Crippen LogP contribution is -2.18. The Labute approximate surface area is 122 Å². The third kappa shape index (κ3) is 2.04. The van der Waals surface area contributed by atoms with Crippen LogP contribution >= 0.6 is 11.3 Å². The molecule has 0 aliphatic heterocycles. The summed E-state index contributed by atoms with van der Waals surface area (Å²) in [6, 6.07) is 2.21. The van der Waals surface area contributed by atoms with Gasteiger partial charge in [-0.1, -0.05) is 6.92 Å². The maximum atomic E-state index is 5.85. The molecule has 0 saturated heterocycles. The lowest BCUT2D eigenvalue weighted by atomic mass is 10.0. The highest BCUT2D eigenvalue weighted by molar-refractivity contribution is 7.18. The molecule has 106 valence electrons. The number of fused-ring (bicyclic) bond motifs is 1. The van der Waals surface area contributed by atoms with Gasteiger partial charge in [-0.25, -0.2) is 4.98 Å². The van der Waals surface area contributed by atoms with Crippen molar-refractivity contribution < 1.29 is 0 Å². The van der Waals surface area contributed by atoms with Gasteiger partial charge >= 0.3 is 0 Å². The Morgan fingerprint density at radius 2 is 2.20 bits per heavy atom. The Balaban J connectivity index is 1.62. The summed E-state index contributed by atoms with van der Waals surface area (Å²) >= 11 is 1.72. The molecule has 2 aromatic rings. The number of aryl methyl sites for hydroxylation is 1. The molecule has 2 aliphatic rings. The van der Waals surface area contributed by atoms with E-state index in [0.29, 0.717) is 11.4 Å². The summed E-state index contributed by atoms with van der Waals surface area (Å²) in [4.78, 5) is 11.1. The monoisotopic (exact) mass is 288 g/mol. The molecule has 2 saturated carbocycles. The van der Waals surface area contributed by atoms with Gasteiger partial charge < -0.3 is 11.1 Å². The second-order valence-electron chi connectivity index (χ2n) is 6.21. The van der Waals surface area contributed by atoms with Gasteiger partial charge in [-0.2, -0.15) is 4.98 Å². The van der Waals surface area contributed by atoms with Gasteiger partial charge in [-0.15, -0.1) is 11.3 Å². The van der Waals surface area contributed by atoms with Crippen molar-refractivity contribution in [1.82, 2.24) is 9.97 Å². The first-order valence-electron chi connectivity index (χ1n) is 7.50. The van der Waals surface area contributed by atoms with Gasteiger partial charge in [0.1, 0.15) is 10.6 Å². The highest BCUT2D eigenvalue weighted by atomic mass is 32.1. The fourth-order valence-corrected chi connectivity index (χ4v) is 4.12. The van der Waals surface area contributed by atoms with Gasteiger partial charge in [0.25, 0.3) is 0 Å². The summed E-state index contributed by atoms with van der Waals surface area (Å²) in [5.41, 5.74) is 6.41. The minimum absolute atomic E-state index is 0.376. The summed E-state index contributed by atoms with van der Waals surface area (Å²) in [5.74, 6) is 2.26. The third-order valence-electron chi connectivity index (χ3n) is 4.75. The molecule has 3 N–H and O–H groups in total. The number of nitrogens with zero attached hydrogens (tertiary/aromatic N) is 2. The number of nitrogens with one attached hydrogen (secondary N) is 1. The summed E-state index contributed by atoms with van der Waals surface area (Å²) in [5, 5.41) is 4.70. The van der Waals surface area contributed by atoms with E-state index >= 15 is 0 Å². The smallest absolute Gasteiger partial charge is 0.223 e. The second-order valence-corrected chi connectivity index (χ2v) is 7.32. The largest absolute Gasteiger partial charge is 0.369 e. The number of rotatable bonds is 5. The van der Waals surface area contributed by atoms with Crippen LogP contribution in [0, 0.1) is 11.3 Å². The van der Waals surface area contributed by atoms with Crippen LogP contribution in [0.25, 0.3) is 10.2 Å². The third-order valence-corrected chi connectivity index (χ3v) is 5.93. The van der Waals surface area contributed by atoms with Crippen molar-refractivity contribution in [1.29, 1.82) is 0 Å². The van der Waals surface area contributed by atoms with Crippen LogP contribution in [0.4, 0.5) is 11.8 Å². The molecular formula is C15H20N4S. The average Bonchev–Trinajstić information content (AvgIpc) is 3.32. The molecule has 2 heterocycles. The quantitative estimate of drug-likeness (QED) is 0.884. The maximum absolute atomic E-state index is 5.85. The number of nitrogen functional groups attached to an aromatic ring is 1. The zero-order valence-electron chi connectivity index (χ0n) is 11.8. The van der Waals surface area contributed by atoms with E-state index in [1.54, 1.807) is 11.3 Å². The fourth-order valence-electron chi connectivity index (χ4n) is 3.14. The Morgan fingerprint density at radius 1 is 1.40 bits per heavy atom. The van der Waals surface area contributed by atoms with Crippen LogP contribution in [0.3, 0.4) is 0 Å². The van der Waals surface area contributed by atoms with Gasteiger partial charge in [0.05, 0.1) is 5.39 Å². The number of hydrogen-bond acceptors (Lipinski definition) is 5. The van der Waals surface area contributed by atoms with Crippen molar-refractivity contribution in [3.63, 3.8) is 0 Å². The number of hydrogen-bond donors (Lipinski definition) is 2. The maximum Gasteiger partial charge on any atom is 0.223 e. The molecule has 4 rings (SSSR count). The highest BCUT2D eigenvalue weighted by Crippen LogP contribution is 2.61. The van der Waals surface area contributed by atoms with E-state index in [4.69, 9.17) is 5.73 Å². The lowest BCUT2D eigenvalue weighted by Gasteiger charge is -2.16. The minimum Gasteiger partial charge on any atom is -0.369 e. The van der Waals surface area contributed by atoms with E-state index in [9.17, 15) is 0 Å². The normalized spacial score (nSPS) is 20.2. The Morgan fingerprint density at radius 3 is 2.85 bits per heavy atom. The molecule has 0 unspecified atom stereocenters. The van der Waals surface area contributed by atoms with E-state index in [1.807, 2.05) is 0 Å². The Bertz CT molecular complexity index is 655. The molecule has 20 heavy (non-hydrogen) atoms. The molecular weight excluding hydrogens is 268 g/mol. The predicted octanol–water partition coefficient (Wildman–Crippen LogP) is 3.44. The van der Waals surface area contributed by atoms with Gasteiger partial charge in [-0.3, -0.25) is 0 Å². The van der Waals surface area contributed by atoms with Gasteiger partial charge in [0.15, 0.2) is 0 Å². The molecule has 2 aliphatic carbocycles. The average molecular weight is 288 g/mol. The standard InChI is InChI=1S/C15H20N4S/c1-2-10-7-11-12(18-14(16)19-13(11)20-10)17-8-15(5-6-15)9-3-4-9/h7,9H,2-6,8H2,1H3,(H3,16,17,18,19). The van der Waals surface area contributed by atoms with Gasteiger partial charge in [0.2, 0.25) is 5.95 Å². The molecule has 0 radical (unpaired) electrons. The number of anilines is 2. The molecule has 0 bridgehead atoms. The zero-order valence-corrected chi connectivity index (χ0v) is 12.6. The zero-order chi connectivity index (χ0) is 13.7. The number of aromatic nitrogens is 2. The first-order chi connectivity index (χ1) is 9.70. The summed E-state index contributed by atoms with van der Waals surface area (Å²) in [6.45, 7) is 3.21. The van der Waals surface area contributed by atoms with Crippen molar-refractivity contribution in [3.8, 4) is 0 Å². The van der Waals surface area contributed by atoms with Crippen LogP contribution in [0.2, 0.25) is 0 Å². The molecule has 0 amide bonds. The van der Waals surface area contributed by atoms with Crippen LogP contribution in [0.15, 0.2) is 6.07 Å². The first-order valence-corrected chi connectivity index (χ1v) is 8.32. The SMILES string of the molecule is CCc1cc2c(NCC3(C4CC4)CC3)nc(N)nc2s1. The minimum atomic E-state index is 0.376. The molecule has 2 aromatic heterocycles. The molecule has 0 atom stereocenters.